The SMILES string of the molecule is c1ccc(CN(CCCC2CCNC2)Cc2ccccc2)cc1. The van der Waals surface area contributed by atoms with Crippen molar-refractivity contribution < 1.29 is 0 Å². The largest absolute Gasteiger partial charge is 0.316 e. The van der Waals surface area contributed by atoms with Crippen molar-refractivity contribution in [1.82, 2.24) is 10.2 Å². The van der Waals surface area contributed by atoms with Gasteiger partial charge in [-0.3, -0.25) is 4.90 Å². The van der Waals surface area contributed by atoms with Crippen LogP contribution in [-0.4, -0.2) is 24.5 Å². The fraction of sp³-hybridized carbons (Fsp3) is 0.429. The Balaban J connectivity index is 1.55. The maximum absolute atomic E-state index is 3.48. The van der Waals surface area contributed by atoms with E-state index in [4.69, 9.17) is 0 Å². The Morgan fingerprint density at radius 2 is 1.48 bits per heavy atom. The minimum Gasteiger partial charge on any atom is -0.316 e. The standard InChI is InChI=1S/C21H28N2/c1-3-8-20(9-4-1)17-23(18-21-10-5-2-6-11-21)15-7-12-19-13-14-22-16-19/h1-6,8-11,19,22H,7,12-18H2. The molecule has 1 saturated heterocycles. The second-order valence-electron chi connectivity index (χ2n) is 6.68. The molecule has 0 spiro atoms. The third-order valence-electron chi connectivity index (χ3n) is 4.75. The molecule has 2 nitrogen and oxygen atoms in total. The molecule has 2 heteroatoms. The van der Waals surface area contributed by atoms with Crippen LogP contribution in [0.2, 0.25) is 0 Å². The van der Waals surface area contributed by atoms with Crippen LogP contribution in [0.15, 0.2) is 60.7 Å². The Labute approximate surface area is 140 Å². The topological polar surface area (TPSA) is 15.3 Å². The maximum atomic E-state index is 3.48. The highest BCUT2D eigenvalue weighted by Gasteiger charge is 2.15. The lowest BCUT2D eigenvalue weighted by Crippen LogP contribution is -2.24. The number of rotatable bonds is 8. The highest BCUT2D eigenvalue weighted by atomic mass is 15.1. The summed E-state index contributed by atoms with van der Waals surface area (Å²) in [4.78, 5) is 2.59. The summed E-state index contributed by atoms with van der Waals surface area (Å²) in [5.41, 5.74) is 2.82. The summed E-state index contributed by atoms with van der Waals surface area (Å²) in [6, 6.07) is 21.7. The molecule has 0 amide bonds. The lowest BCUT2D eigenvalue weighted by atomic mass is 10.0. The van der Waals surface area contributed by atoms with Crippen LogP contribution in [0.25, 0.3) is 0 Å². The first kappa shape index (κ1) is 16.2. The van der Waals surface area contributed by atoms with E-state index >= 15 is 0 Å². The van der Waals surface area contributed by atoms with Crippen molar-refractivity contribution in [2.24, 2.45) is 5.92 Å². The molecule has 1 fully saturated rings. The van der Waals surface area contributed by atoms with Crippen LogP contribution in [0.3, 0.4) is 0 Å². The fourth-order valence-corrected chi connectivity index (χ4v) is 3.46. The zero-order chi connectivity index (χ0) is 15.7. The van der Waals surface area contributed by atoms with Gasteiger partial charge in [0.1, 0.15) is 0 Å². The van der Waals surface area contributed by atoms with Crippen molar-refractivity contribution >= 4 is 0 Å². The van der Waals surface area contributed by atoms with Gasteiger partial charge in [0.25, 0.3) is 0 Å². The normalized spacial score (nSPS) is 17.7. The number of hydrogen-bond donors (Lipinski definition) is 1. The maximum Gasteiger partial charge on any atom is 0.0237 e. The van der Waals surface area contributed by atoms with Gasteiger partial charge in [-0.2, -0.15) is 0 Å². The molecule has 0 radical (unpaired) electrons. The molecule has 0 saturated carbocycles. The van der Waals surface area contributed by atoms with Crippen molar-refractivity contribution in [2.75, 3.05) is 19.6 Å². The number of nitrogens with zero attached hydrogens (tertiary/aromatic N) is 1. The fourth-order valence-electron chi connectivity index (χ4n) is 3.46. The molecule has 2 aromatic rings. The average molecular weight is 308 g/mol. The van der Waals surface area contributed by atoms with Crippen LogP contribution in [-0.2, 0) is 13.1 Å². The van der Waals surface area contributed by atoms with Crippen molar-refractivity contribution in [3.63, 3.8) is 0 Å². The molecule has 1 unspecified atom stereocenters. The smallest absolute Gasteiger partial charge is 0.0237 e. The molecule has 122 valence electrons. The summed E-state index contributed by atoms with van der Waals surface area (Å²) in [5, 5.41) is 3.48. The Morgan fingerprint density at radius 1 is 0.870 bits per heavy atom. The first-order valence-electron chi connectivity index (χ1n) is 8.91. The van der Waals surface area contributed by atoms with E-state index in [0.717, 1.165) is 19.0 Å². The average Bonchev–Trinajstić information content (AvgIpc) is 3.10. The monoisotopic (exact) mass is 308 g/mol. The van der Waals surface area contributed by atoms with Crippen molar-refractivity contribution in [2.45, 2.75) is 32.4 Å². The van der Waals surface area contributed by atoms with E-state index in [-0.39, 0.29) is 0 Å². The number of nitrogens with one attached hydrogen (secondary N) is 1. The molecule has 0 aromatic heterocycles. The molecule has 1 aliphatic heterocycles. The quantitative estimate of drug-likeness (QED) is 0.790. The molecular formula is C21H28N2. The molecular weight excluding hydrogens is 280 g/mol. The third kappa shape index (κ3) is 5.49. The van der Waals surface area contributed by atoms with Gasteiger partial charge in [-0.25, -0.2) is 0 Å². The van der Waals surface area contributed by atoms with Crippen molar-refractivity contribution in [1.29, 1.82) is 0 Å². The molecule has 1 aliphatic rings. The van der Waals surface area contributed by atoms with E-state index in [0.29, 0.717) is 0 Å². The lowest BCUT2D eigenvalue weighted by molar-refractivity contribution is 0.245. The molecule has 1 atom stereocenters. The van der Waals surface area contributed by atoms with E-state index in [1.54, 1.807) is 0 Å². The van der Waals surface area contributed by atoms with Crippen LogP contribution in [0.5, 0.6) is 0 Å². The molecule has 0 aliphatic carbocycles. The second-order valence-corrected chi connectivity index (χ2v) is 6.68. The summed E-state index contributed by atoms with van der Waals surface area (Å²) >= 11 is 0. The molecule has 2 aromatic carbocycles. The summed E-state index contributed by atoms with van der Waals surface area (Å²) in [7, 11) is 0. The minimum absolute atomic E-state index is 0.894. The van der Waals surface area contributed by atoms with Crippen LogP contribution < -0.4 is 5.32 Å². The van der Waals surface area contributed by atoms with Crippen LogP contribution in [0.4, 0.5) is 0 Å². The lowest BCUT2D eigenvalue weighted by Gasteiger charge is -2.23. The summed E-state index contributed by atoms with van der Waals surface area (Å²) in [5.74, 6) is 0.894. The Morgan fingerprint density at radius 3 is 2.00 bits per heavy atom. The Kier molecular flexibility index (Phi) is 6.25. The van der Waals surface area contributed by atoms with Gasteiger partial charge in [0, 0.05) is 13.1 Å². The first-order chi connectivity index (χ1) is 11.4. The van der Waals surface area contributed by atoms with Gasteiger partial charge in [-0.15, -0.1) is 0 Å². The zero-order valence-electron chi connectivity index (χ0n) is 14.0. The Hall–Kier alpha value is -1.64. The van der Waals surface area contributed by atoms with Crippen LogP contribution in [0, 0.1) is 5.92 Å². The molecule has 23 heavy (non-hydrogen) atoms. The van der Waals surface area contributed by atoms with Gasteiger partial charge >= 0.3 is 0 Å². The molecule has 1 N–H and O–H groups in total. The second kappa shape index (κ2) is 8.85. The Bertz CT molecular complexity index is 505. The summed E-state index contributed by atoms with van der Waals surface area (Å²) in [6.07, 6.45) is 4.01. The first-order valence-corrected chi connectivity index (χ1v) is 8.91. The summed E-state index contributed by atoms with van der Waals surface area (Å²) in [6.45, 7) is 5.69. The predicted octanol–water partition coefficient (Wildman–Crippen LogP) is 4.08. The molecule has 1 heterocycles. The van der Waals surface area contributed by atoms with Gasteiger partial charge in [-0.1, -0.05) is 60.7 Å². The minimum atomic E-state index is 0.894. The van der Waals surface area contributed by atoms with Gasteiger partial charge < -0.3 is 5.32 Å². The summed E-state index contributed by atoms with van der Waals surface area (Å²) < 4.78 is 0. The highest BCUT2D eigenvalue weighted by molar-refractivity contribution is 5.17. The van der Waals surface area contributed by atoms with Crippen LogP contribution in [0.1, 0.15) is 30.4 Å². The van der Waals surface area contributed by atoms with E-state index in [1.807, 2.05) is 0 Å². The van der Waals surface area contributed by atoms with Crippen molar-refractivity contribution in [3.05, 3.63) is 71.8 Å². The van der Waals surface area contributed by atoms with Gasteiger partial charge in [-0.05, 0) is 55.9 Å². The van der Waals surface area contributed by atoms with Gasteiger partial charge in [0.2, 0.25) is 0 Å². The zero-order valence-corrected chi connectivity index (χ0v) is 14.0. The third-order valence-corrected chi connectivity index (χ3v) is 4.75. The molecule has 3 rings (SSSR count). The van der Waals surface area contributed by atoms with E-state index in [2.05, 4.69) is 70.9 Å². The predicted molar refractivity (Wildman–Crippen MR) is 97.2 cm³/mol. The highest BCUT2D eigenvalue weighted by Crippen LogP contribution is 2.16. The van der Waals surface area contributed by atoms with Crippen LogP contribution >= 0.6 is 0 Å². The van der Waals surface area contributed by atoms with E-state index in [9.17, 15) is 0 Å². The van der Waals surface area contributed by atoms with Gasteiger partial charge in [0.15, 0.2) is 0 Å². The molecule has 0 bridgehead atoms. The van der Waals surface area contributed by atoms with Gasteiger partial charge in [0.05, 0.1) is 0 Å². The number of hydrogen-bond acceptors (Lipinski definition) is 2. The van der Waals surface area contributed by atoms with E-state index < -0.39 is 0 Å². The van der Waals surface area contributed by atoms with Crippen molar-refractivity contribution in [3.8, 4) is 0 Å². The van der Waals surface area contributed by atoms with E-state index in [1.165, 1.54) is 50.0 Å². The number of benzene rings is 2.